The molecule has 2 rings (SSSR count). The van der Waals surface area contributed by atoms with Crippen LogP contribution in [0.15, 0.2) is 53.4 Å². The summed E-state index contributed by atoms with van der Waals surface area (Å²) < 4.78 is 34.5. The van der Waals surface area contributed by atoms with Crippen molar-refractivity contribution in [3.8, 4) is 0 Å². The maximum atomic E-state index is 12.9. The molecule has 1 amide bonds. The summed E-state index contributed by atoms with van der Waals surface area (Å²) in [7, 11) is -4.86. The van der Waals surface area contributed by atoms with E-state index in [9.17, 15) is 17.1 Å². The predicted octanol–water partition coefficient (Wildman–Crippen LogP) is 2.09. The Hall–Kier alpha value is -2.25. The fourth-order valence-electron chi connectivity index (χ4n) is 1.74. The molecule has 2 aromatic rings. The zero-order valence-electron chi connectivity index (χ0n) is 10.8. The first-order chi connectivity index (χ1) is 9.90. The quantitative estimate of drug-likeness (QED) is 0.847. The van der Waals surface area contributed by atoms with Gasteiger partial charge in [-0.05, 0) is 35.9 Å². The second-order valence-electron chi connectivity index (χ2n) is 4.28. The molecule has 0 aliphatic carbocycles. The van der Waals surface area contributed by atoms with Crippen LogP contribution in [0.2, 0.25) is 0 Å². The largest absolute Gasteiger partial charge is 0.392 e. The third kappa shape index (κ3) is 3.87. The van der Waals surface area contributed by atoms with Gasteiger partial charge in [0.1, 0.15) is 0 Å². The Morgan fingerprint density at radius 1 is 1.14 bits per heavy atom. The minimum Gasteiger partial charge on any atom is -0.392 e. The summed E-state index contributed by atoms with van der Waals surface area (Å²) >= 11 is 0. The van der Waals surface area contributed by atoms with Crippen LogP contribution in [0.4, 0.5) is 9.57 Å². The van der Waals surface area contributed by atoms with Crippen LogP contribution in [0.5, 0.6) is 0 Å². The summed E-state index contributed by atoms with van der Waals surface area (Å²) in [6.07, 6.45) is 0. The van der Waals surface area contributed by atoms with Crippen LogP contribution >= 0.6 is 0 Å². The van der Waals surface area contributed by atoms with Gasteiger partial charge >= 0.3 is 10.2 Å². The number of hydrogen-bond acceptors (Lipinski definition) is 4. The lowest BCUT2D eigenvalue weighted by molar-refractivity contribution is 0.102. The van der Waals surface area contributed by atoms with Crippen molar-refractivity contribution in [2.45, 2.75) is 11.5 Å². The second kappa shape index (κ2) is 6.02. The number of aliphatic hydroxyl groups is 1. The molecule has 0 aliphatic rings. The topological polar surface area (TPSA) is 83.5 Å². The van der Waals surface area contributed by atoms with Gasteiger partial charge in [-0.1, -0.05) is 18.2 Å². The molecule has 0 saturated carbocycles. The molecule has 110 valence electrons. The van der Waals surface area contributed by atoms with E-state index in [1.807, 2.05) is 0 Å². The van der Waals surface area contributed by atoms with Gasteiger partial charge in [-0.2, -0.15) is 8.42 Å². The Bertz CT molecular complexity index is 774. The van der Waals surface area contributed by atoms with Gasteiger partial charge in [0, 0.05) is 11.3 Å². The van der Waals surface area contributed by atoms with E-state index in [2.05, 4.69) is 5.32 Å². The highest BCUT2D eigenvalue weighted by atomic mass is 32.3. The first-order valence-corrected chi connectivity index (χ1v) is 7.34. The Kier molecular flexibility index (Phi) is 4.35. The molecular formula is C14H12FNO4S. The number of anilines is 1. The van der Waals surface area contributed by atoms with E-state index in [0.717, 1.165) is 12.1 Å². The van der Waals surface area contributed by atoms with Crippen molar-refractivity contribution in [3.63, 3.8) is 0 Å². The first kappa shape index (κ1) is 15.1. The van der Waals surface area contributed by atoms with E-state index in [4.69, 9.17) is 5.11 Å². The Labute approximate surface area is 121 Å². The Balaban J connectivity index is 2.24. The predicted molar refractivity (Wildman–Crippen MR) is 75.1 cm³/mol. The number of aliphatic hydroxyl groups excluding tert-OH is 1. The molecule has 2 aromatic carbocycles. The first-order valence-electron chi connectivity index (χ1n) is 5.96. The summed E-state index contributed by atoms with van der Waals surface area (Å²) in [6, 6.07) is 11.2. The summed E-state index contributed by atoms with van der Waals surface area (Å²) in [5.74, 6) is -0.574. The fourth-order valence-corrected chi connectivity index (χ4v) is 2.25. The van der Waals surface area contributed by atoms with Crippen molar-refractivity contribution in [2.75, 3.05) is 5.32 Å². The van der Waals surface area contributed by atoms with E-state index in [0.29, 0.717) is 11.3 Å². The average molecular weight is 309 g/mol. The molecular weight excluding hydrogens is 297 g/mol. The van der Waals surface area contributed by atoms with Gasteiger partial charge in [0.15, 0.2) is 0 Å². The molecule has 0 fully saturated rings. The van der Waals surface area contributed by atoms with Gasteiger partial charge in [0.2, 0.25) is 0 Å². The minimum atomic E-state index is -4.86. The molecule has 0 radical (unpaired) electrons. The van der Waals surface area contributed by atoms with Gasteiger partial charge in [-0.25, -0.2) is 0 Å². The van der Waals surface area contributed by atoms with Crippen LogP contribution in [0.25, 0.3) is 0 Å². The van der Waals surface area contributed by atoms with E-state index in [1.54, 1.807) is 24.3 Å². The molecule has 2 N–H and O–H groups in total. The van der Waals surface area contributed by atoms with Gasteiger partial charge in [-0.15, -0.1) is 3.89 Å². The van der Waals surface area contributed by atoms with Crippen LogP contribution in [0.1, 0.15) is 15.9 Å². The summed E-state index contributed by atoms with van der Waals surface area (Å²) in [6.45, 7) is -0.167. The number of carbonyl (C=O) groups excluding carboxylic acids is 1. The van der Waals surface area contributed by atoms with E-state index >= 15 is 0 Å². The minimum absolute atomic E-state index is 0.0168. The summed E-state index contributed by atoms with van der Waals surface area (Å²) in [4.78, 5) is 11.4. The van der Waals surface area contributed by atoms with Crippen molar-refractivity contribution in [1.29, 1.82) is 0 Å². The zero-order valence-corrected chi connectivity index (χ0v) is 11.6. The number of rotatable bonds is 4. The van der Waals surface area contributed by atoms with Gasteiger partial charge < -0.3 is 10.4 Å². The number of carbonyl (C=O) groups is 1. The molecule has 0 spiro atoms. The number of hydrogen-bond donors (Lipinski definition) is 2. The monoisotopic (exact) mass is 309 g/mol. The van der Waals surface area contributed by atoms with Crippen molar-refractivity contribution in [2.24, 2.45) is 0 Å². The van der Waals surface area contributed by atoms with E-state index in [1.165, 1.54) is 12.1 Å². The Morgan fingerprint density at radius 2 is 1.86 bits per heavy atom. The lowest BCUT2D eigenvalue weighted by atomic mass is 10.2. The Morgan fingerprint density at radius 3 is 2.52 bits per heavy atom. The normalized spacial score (nSPS) is 11.1. The van der Waals surface area contributed by atoms with Crippen molar-refractivity contribution < 1.29 is 22.2 Å². The fraction of sp³-hybridized carbons (Fsp3) is 0.0714. The lowest BCUT2D eigenvalue weighted by Crippen LogP contribution is -2.12. The van der Waals surface area contributed by atoms with Crippen LogP contribution in [0, 0.1) is 0 Å². The lowest BCUT2D eigenvalue weighted by Gasteiger charge is -2.07. The van der Waals surface area contributed by atoms with E-state index in [-0.39, 0.29) is 12.2 Å². The molecule has 0 bridgehead atoms. The molecule has 0 unspecified atom stereocenters. The third-order valence-electron chi connectivity index (χ3n) is 2.75. The molecule has 0 heterocycles. The maximum Gasteiger partial charge on any atom is 0.332 e. The second-order valence-corrected chi connectivity index (χ2v) is 5.63. The number of benzene rings is 2. The average Bonchev–Trinajstić information content (AvgIpc) is 2.46. The van der Waals surface area contributed by atoms with E-state index < -0.39 is 21.0 Å². The molecule has 5 nitrogen and oxygen atoms in total. The highest BCUT2D eigenvalue weighted by Gasteiger charge is 2.14. The van der Waals surface area contributed by atoms with Crippen LogP contribution in [-0.2, 0) is 16.8 Å². The molecule has 0 saturated heterocycles. The number of amides is 1. The van der Waals surface area contributed by atoms with Crippen molar-refractivity contribution in [1.82, 2.24) is 0 Å². The zero-order chi connectivity index (χ0) is 15.5. The standard InChI is InChI=1S/C14H12FNO4S/c15-21(19,20)13-6-2-4-11(8-13)14(18)16-12-5-1-3-10(7-12)9-17/h1-8,17H,9H2,(H,16,18). The number of nitrogens with one attached hydrogen (secondary N) is 1. The highest BCUT2D eigenvalue weighted by Crippen LogP contribution is 2.16. The molecule has 0 aromatic heterocycles. The smallest absolute Gasteiger partial charge is 0.332 e. The highest BCUT2D eigenvalue weighted by molar-refractivity contribution is 7.86. The van der Waals surface area contributed by atoms with Crippen LogP contribution in [-0.4, -0.2) is 19.4 Å². The maximum absolute atomic E-state index is 12.9. The van der Waals surface area contributed by atoms with Gasteiger partial charge in [0.05, 0.1) is 11.5 Å². The van der Waals surface area contributed by atoms with Crippen molar-refractivity contribution >= 4 is 21.8 Å². The third-order valence-corrected chi connectivity index (χ3v) is 3.56. The molecule has 21 heavy (non-hydrogen) atoms. The molecule has 0 aliphatic heterocycles. The van der Waals surface area contributed by atoms with Gasteiger partial charge in [-0.3, -0.25) is 4.79 Å². The summed E-state index contributed by atoms with van der Waals surface area (Å²) in [5.41, 5.74) is 1.08. The van der Waals surface area contributed by atoms with Crippen LogP contribution < -0.4 is 5.32 Å². The molecule has 0 atom stereocenters. The van der Waals surface area contributed by atoms with Crippen molar-refractivity contribution in [3.05, 3.63) is 59.7 Å². The number of halogens is 1. The summed E-state index contributed by atoms with van der Waals surface area (Å²) in [5, 5.41) is 11.6. The van der Waals surface area contributed by atoms with Gasteiger partial charge in [0.25, 0.3) is 5.91 Å². The molecule has 7 heteroatoms. The SMILES string of the molecule is O=C(Nc1cccc(CO)c1)c1cccc(S(=O)(=O)F)c1. The van der Waals surface area contributed by atoms with Crippen LogP contribution in [0.3, 0.4) is 0 Å².